The summed E-state index contributed by atoms with van der Waals surface area (Å²) in [6.07, 6.45) is 6.84. The molecule has 0 radical (unpaired) electrons. The molecular weight excluding hydrogens is 639 g/mol. The van der Waals surface area contributed by atoms with Crippen molar-refractivity contribution in [2.24, 2.45) is 0 Å². The second-order valence-corrected chi connectivity index (χ2v) is 14.3. The molecule has 2 heterocycles. The first-order valence-corrected chi connectivity index (χ1v) is 18.5. The van der Waals surface area contributed by atoms with Crippen LogP contribution in [0.5, 0.6) is 23.0 Å². The van der Waals surface area contributed by atoms with Crippen molar-refractivity contribution >= 4 is 47.1 Å². The molecule has 47 heavy (non-hydrogen) atoms. The van der Waals surface area contributed by atoms with Gasteiger partial charge in [-0.05, 0) is 67.0 Å². The second kappa shape index (κ2) is 18.9. The lowest BCUT2D eigenvalue weighted by Gasteiger charge is -2.31. The zero-order chi connectivity index (χ0) is 33.6. The number of unbranched alkanes of at least 4 members (excludes halogenated alkanes) is 1. The largest absolute Gasteiger partial charge is 0.493 e. The Hall–Kier alpha value is -3.22. The smallest absolute Gasteiger partial charge is 0.256 e. The van der Waals surface area contributed by atoms with Crippen LogP contribution < -0.4 is 24.7 Å². The summed E-state index contributed by atoms with van der Waals surface area (Å²) in [6, 6.07) is 9.19. The number of morpholine rings is 1. The van der Waals surface area contributed by atoms with Crippen LogP contribution in [-0.4, -0.2) is 104 Å². The van der Waals surface area contributed by atoms with E-state index in [4.69, 9.17) is 29.4 Å². The first-order chi connectivity index (χ1) is 22.9. The number of nitrogens with zero attached hydrogens (tertiary/aromatic N) is 2. The van der Waals surface area contributed by atoms with Crippen LogP contribution in [0.2, 0.25) is 0 Å². The van der Waals surface area contributed by atoms with E-state index >= 15 is 0 Å². The lowest BCUT2D eigenvalue weighted by atomic mass is 10.1. The van der Waals surface area contributed by atoms with Gasteiger partial charge < -0.3 is 39.2 Å². The number of thioether (sulfide) groups is 2. The first kappa shape index (κ1) is 36.6. The van der Waals surface area contributed by atoms with Crippen LogP contribution in [0.25, 0.3) is 6.08 Å². The summed E-state index contributed by atoms with van der Waals surface area (Å²) in [4.78, 5) is 29.9. The minimum absolute atomic E-state index is 0.0309. The molecule has 0 bridgehead atoms. The molecule has 4 rings (SSSR count). The van der Waals surface area contributed by atoms with E-state index in [1.807, 2.05) is 46.6 Å². The highest BCUT2D eigenvalue weighted by Crippen LogP contribution is 2.38. The van der Waals surface area contributed by atoms with E-state index in [2.05, 4.69) is 13.8 Å². The van der Waals surface area contributed by atoms with Gasteiger partial charge in [0.25, 0.3) is 5.91 Å². The number of carbonyl (C=O) groups is 2. The molecule has 2 N–H and O–H groups in total. The van der Waals surface area contributed by atoms with Crippen molar-refractivity contribution < 1.29 is 33.3 Å². The Labute approximate surface area is 287 Å². The summed E-state index contributed by atoms with van der Waals surface area (Å²) in [6.45, 7) is 8.33. The molecule has 258 valence electrons. The fourth-order valence-electron chi connectivity index (χ4n) is 5.65. The highest BCUT2D eigenvalue weighted by Gasteiger charge is 2.36. The van der Waals surface area contributed by atoms with E-state index in [-0.39, 0.29) is 17.9 Å². The number of carbonyl (C=O) groups excluding carboxylic acids is 2. The maximum absolute atomic E-state index is 13.7. The van der Waals surface area contributed by atoms with E-state index in [1.54, 1.807) is 43.4 Å². The molecular formula is C35H49N3O7S2. The van der Waals surface area contributed by atoms with Crippen LogP contribution in [0.15, 0.2) is 36.4 Å². The molecule has 0 aliphatic carbocycles. The standard InChI is InChI=1S/C35H49N3O7S2/c1-5-46-35(47-6-2)28-10-9-15-38(28)34(40)26-23-31(42-4)32(24-27(26)36)45-19-8-7-18-44-29-13-11-25(22-30(29)41-3)12-14-33(39)37-16-20-43-21-17-37/h11-14,22-24,28,35H,5-10,15-21,36H2,1-4H3/b14-12+/t28-/m0/s1. The highest BCUT2D eigenvalue weighted by molar-refractivity contribution is 8.17. The Morgan fingerprint density at radius 2 is 1.60 bits per heavy atom. The Morgan fingerprint density at radius 3 is 2.26 bits per heavy atom. The normalized spacial score (nSPS) is 16.6. The summed E-state index contributed by atoms with van der Waals surface area (Å²) >= 11 is 3.82. The van der Waals surface area contributed by atoms with Crippen molar-refractivity contribution in [3.05, 3.63) is 47.5 Å². The number of rotatable bonds is 17. The summed E-state index contributed by atoms with van der Waals surface area (Å²) in [7, 11) is 3.17. The lowest BCUT2D eigenvalue weighted by molar-refractivity contribution is -0.129. The number of ether oxygens (including phenoxy) is 5. The second-order valence-electron chi connectivity index (χ2n) is 11.2. The molecule has 2 saturated heterocycles. The maximum Gasteiger partial charge on any atom is 0.256 e. The van der Waals surface area contributed by atoms with Gasteiger partial charge in [-0.1, -0.05) is 19.9 Å². The van der Waals surface area contributed by atoms with Gasteiger partial charge in [0.1, 0.15) is 0 Å². The van der Waals surface area contributed by atoms with Crippen LogP contribution in [0, 0.1) is 0 Å². The molecule has 2 aromatic rings. The topological polar surface area (TPSA) is 113 Å². The molecule has 0 spiro atoms. The molecule has 12 heteroatoms. The zero-order valence-corrected chi connectivity index (χ0v) is 29.7. The lowest BCUT2D eigenvalue weighted by Crippen LogP contribution is -2.41. The average Bonchev–Trinajstić information content (AvgIpc) is 3.59. The molecule has 2 aliphatic rings. The Morgan fingerprint density at radius 1 is 0.936 bits per heavy atom. The number of anilines is 1. The SMILES string of the molecule is CCSC(SCC)[C@@H]1CCCN1C(=O)c1cc(OC)c(OCCCCOc2ccc(/C=C/C(=O)N3CCOCC3)cc2OC)cc1N. The molecule has 0 unspecified atom stereocenters. The van der Waals surface area contributed by atoms with Gasteiger partial charge in [0.15, 0.2) is 23.0 Å². The van der Waals surface area contributed by atoms with Crippen molar-refractivity contribution in [2.75, 3.05) is 77.5 Å². The Balaban J connectivity index is 1.27. The number of methoxy groups -OCH3 is 2. The van der Waals surface area contributed by atoms with Crippen molar-refractivity contribution in [1.82, 2.24) is 9.80 Å². The van der Waals surface area contributed by atoms with Crippen molar-refractivity contribution in [3.8, 4) is 23.0 Å². The highest BCUT2D eigenvalue weighted by atomic mass is 32.2. The number of hydrogen-bond donors (Lipinski definition) is 1. The van der Waals surface area contributed by atoms with Crippen LogP contribution in [0.4, 0.5) is 5.69 Å². The number of likely N-dealkylation sites (tertiary alicyclic amines) is 1. The van der Waals surface area contributed by atoms with Crippen LogP contribution in [-0.2, 0) is 9.53 Å². The molecule has 1 atom stereocenters. The van der Waals surface area contributed by atoms with Crippen molar-refractivity contribution in [1.29, 1.82) is 0 Å². The summed E-state index contributed by atoms with van der Waals surface area (Å²) in [5.74, 6) is 4.19. The van der Waals surface area contributed by atoms with Crippen LogP contribution >= 0.6 is 23.5 Å². The monoisotopic (exact) mass is 687 g/mol. The summed E-state index contributed by atoms with van der Waals surface area (Å²) < 4.78 is 28.8. The third-order valence-electron chi connectivity index (χ3n) is 8.08. The van der Waals surface area contributed by atoms with Gasteiger partial charge in [0.05, 0.1) is 56.8 Å². The summed E-state index contributed by atoms with van der Waals surface area (Å²) in [5.41, 5.74) is 8.11. The molecule has 2 aromatic carbocycles. The predicted octanol–water partition coefficient (Wildman–Crippen LogP) is 5.83. The van der Waals surface area contributed by atoms with Crippen LogP contribution in [0.3, 0.4) is 0 Å². The molecule has 0 saturated carbocycles. The molecule has 0 aromatic heterocycles. The fraction of sp³-hybridized carbons (Fsp3) is 0.543. The minimum Gasteiger partial charge on any atom is -0.493 e. The van der Waals surface area contributed by atoms with E-state index in [1.165, 1.54) is 0 Å². The number of nitrogen functional groups attached to an aromatic ring is 1. The van der Waals surface area contributed by atoms with Gasteiger partial charge in [0.2, 0.25) is 5.91 Å². The van der Waals surface area contributed by atoms with E-state index in [0.717, 1.165) is 49.3 Å². The quantitative estimate of drug-likeness (QED) is 0.0943. The molecule has 2 aliphatic heterocycles. The van der Waals surface area contributed by atoms with E-state index in [0.29, 0.717) is 78.3 Å². The number of amides is 2. The maximum atomic E-state index is 13.7. The van der Waals surface area contributed by atoms with Crippen molar-refractivity contribution in [3.63, 3.8) is 0 Å². The van der Waals surface area contributed by atoms with Gasteiger partial charge >= 0.3 is 0 Å². The molecule has 2 fully saturated rings. The fourth-order valence-corrected chi connectivity index (χ4v) is 8.52. The van der Waals surface area contributed by atoms with Gasteiger partial charge in [-0.2, -0.15) is 0 Å². The van der Waals surface area contributed by atoms with E-state index < -0.39 is 0 Å². The Kier molecular flexibility index (Phi) is 14.8. The number of hydrogen-bond acceptors (Lipinski definition) is 10. The van der Waals surface area contributed by atoms with Gasteiger partial charge in [0, 0.05) is 37.5 Å². The number of benzene rings is 2. The molecule has 2 amide bonds. The average molecular weight is 688 g/mol. The zero-order valence-electron chi connectivity index (χ0n) is 28.0. The van der Waals surface area contributed by atoms with Gasteiger partial charge in [-0.3, -0.25) is 9.59 Å². The predicted molar refractivity (Wildman–Crippen MR) is 191 cm³/mol. The van der Waals surface area contributed by atoms with Crippen molar-refractivity contribution in [2.45, 2.75) is 50.2 Å². The Bertz CT molecular complexity index is 1350. The van der Waals surface area contributed by atoms with E-state index in [9.17, 15) is 9.59 Å². The minimum atomic E-state index is -0.0497. The third-order valence-corrected chi connectivity index (χ3v) is 10.9. The first-order valence-electron chi connectivity index (χ1n) is 16.4. The third kappa shape index (κ3) is 10.1. The summed E-state index contributed by atoms with van der Waals surface area (Å²) in [5, 5.41) is 0. The number of nitrogens with two attached hydrogens (primary N) is 1. The van der Waals surface area contributed by atoms with Crippen LogP contribution in [0.1, 0.15) is 55.5 Å². The molecule has 10 nitrogen and oxygen atoms in total. The van der Waals surface area contributed by atoms with Gasteiger partial charge in [-0.15, -0.1) is 23.5 Å². The van der Waals surface area contributed by atoms with Gasteiger partial charge in [-0.25, -0.2) is 0 Å².